The number of nitrogens with one attached hydrogen (secondary N) is 2. The Morgan fingerprint density at radius 3 is 2.45 bits per heavy atom. The normalized spacial score (nSPS) is 18.7. The molecule has 0 spiro atoms. The quantitative estimate of drug-likeness (QED) is 0.565. The number of morpholine rings is 1. The van der Waals surface area contributed by atoms with E-state index in [4.69, 9.17) is 4.74 Å². The van der Waals surface area contributed by atoms with E-state index < -0.39 is 12.1 Å². The van der Waals surface area contributed by atoms with Crippen molar-refractivity contribution in [1.29, 1.82) is 0 Å². The highest BCUT2D eigenvalue weighted by Crippen LogP contribution is 2.44. The standard InChI is InChI=1S/C20H23F2N7O2/c1-12(10-30)29-11-23-15-16(24-19(25-17(15)29)28-6-8-31-9-7-28)20(18(21)22)26-13-4-2-3-5-14(13)27-20/h2-5,11-12,18,26-27,30H,6-10H2,1H3. The molecule has 11 heteroatoms. The fourth-order valence-corrected chi connectivity index (χ4v) is 3.98. The molecular weight excluding hydrogens is 408 g/mol. The fraction of sp³-hybridized carbons (Fsp3) is 0.450. The van der Waals surface area contributed by atoms with E-state index >= 15 is 0 Å². The van der Waals surface area contributed by atoms with Crippen molar-refractivity contribution in [2.24, 2.45) is 0 Å². The number of benzene rings is 1. The lowest BCUT2D eigenvalue weighted by atomic mass is 10.1. The number of halogens is 2. The second-order valence-electron chi connectivity index (χ2n) is 7.73. The zero-order valence-electron chi connectivity index (χ0n) is 16.9. The number of hydrogen-bond donors (Lipinski definition) is 3. The summed E-state index contributed by atoms with van der Waals surface area (Å²) in [7, 11) is 0. The average Bonchev–Trinajstić information content (AvgIpc) is 3.41. The van der Waals surface area contributed by atoms with Gasteiger partial charge in [-0.3, -0.25) is 0 Å². The van der Waals surface area contributed by atoms with Gasteiger partial charge in [0.2, 0.25) is 11.6 Å². The number of ether oxygens (including phenoxy) is 1. The van der Waals surface area contributed by atoms with E-state index in [-0.39, 0.29) is 23.9 Å². The van der Waals surface area contributed by atoms with Gasteiger partial charge in [0.05, 0.1) is 43.6 Å². The van der Waals surface area contributed by atoms with Crippen LogP contribution in [0, 0.1) is 0 Å². The van der Waals surface area contributed by atoms with Crippen LogP contribution in [0.25, 0.3) is 11.2 Å². The van der Waals surface area contributed by atoms with E-state index in [1.807, 2.05) is 11.8 Å². The van der Waals surface area contributed by atoms with Crippen molar-refractivity contribution >= 4 is 28.5 Å². The van der Waals surface area contributed by atoms with Gasteiger partial charge in [-0.1, -0.05) is 12.1 Å². The van der Waals surface area contributed by atoms with Gasteiger partial charge in [-0.05, 0) is 19.1 Å². The lowest BCUT2D eigenvalue weighted by Crippen LogP contribution is -2.47. The molecule has 2 aromatic heterocycles. The molecule has 1 saturated heterocycles. The van der Waals surface area contributed by atoms with Crippen molar-refractivity contribution in [3.8, 4) is 0 Å². The number of anilines is 3. The van der Waals surface area contributed by atoms with E-state index in [0.29, 0.717) is 49.3 Å². The van der Waals surface area contributed by atoms with Gasteiger partial charge in [0.15, 0.2) is 5.65 Å². The van der Waals surface area contributed by atoms with Crippen LogP contribution in [0.5, 0.6) is 0 Å². The van der Waals surface area contributed by atoms with Gasteiger partial charge in [-0.15, -0.1) is 0 Å². The Hall–Kier alpha value is -3.05. The molecule has 4 heterocycles. The Labute approximate surface area is 177 Å². The van der Waals surface area contributed by atoms with Crippen LogP contribution in [0.2, 0.25) is 0 Å². The predicted molar refractivity (Wildman–Crippen MR) is 112 cm³/mol. The highest BCUT2D eigenvalue weighted by atomic mass is 19.3. The van der Waals surface area contributed by atoms with Crippen molar-refractivity contribution in [1.82, 2.24) is 19.5 Å². The van der Waals surface area contributed by atoms with Crippen LogP contribution in [-0.4, -0.2) is 64.0 Å². The molecule has 1 atom stereocenters. The number of aromatic nitrogens is 4. The van der Waals surface area contributed by atoms with Crippen molar-refractivity contribution in [2.45, 2.75) is 25.1 Å². The molecule has 31 heavy (non-hydrogen) atoms. The second-order valence-corrected chi connectivity index (χ2v) is 7.73. The Kier molecular flexibility index (Phi) is 4.86. The third-order valence-electron chi connectivity index (χ3n) is 5.73. The van der Waals surface area contributed by atoms with E-state index in [9.17, 15) is 13.9 Å². The van der Waals surface area contributed by atoms with E-state index in [1.54, 1.807) is 28.8 Å². The summed E-state index contributed by atoms with van der Waals surface area (Å²) < 4.78 is 36.5. The Bertz CT molecular complexity index is 1080. The smallest absolute Gasteiger partial charge is 0.285 e. The molecule has 9 nitrogen and oxygen atoms in total. The van der Waals surface area contributed by atoms with Crippen LogP contribution in [0.15, 0.2) is 30.6 Å². The van der Waals surface area contributed by atoms with E-state index in [1.165, 1.54) is 6.33 Å². The van der Waals surface area contributed by atoms with Crippen molar-refractivity contribution in [3.05, 3.63) is 36.3 Å². The molecule has 0 amide bonds. The molecule has 0 saturated carbocycles. The number of rotatable bonds is 5. The van der Waals surface area contributed by atoms with Crippen molar-refractivity contribution in [2.75, 3.05) is 48.4 Å². The molecule has 0 bridgehead atoms. The highest BCUT2D eigenvalue weighted by Gasteiger charge is 2.50. The molecule has 164 valence electrons. The minimum absolute atomic E-state index is 0.0640. The minimum atomic E-state index is -2.84. The van der Waals surface area contributed by atoms with Crippen LogP contribution >= 0.6 is 0 Å². The third kappa shape index (κ3) is 3.15. The Morgan fingerprint density at radius 1 is 1.16 bits per heavy atom. The number of aliphatic hydroxyl groups excluding tert-OH is 1. The summed E-state index contributed by atoms with van der Waals surface area (Å²) in [5, 5.41) is 15.5. The lowest BCUT2D eigenvalue weighted by molar-refractivity contribution is 0.0801. The summed E-state index contributed by atoms with van der Waals surface area (Å²) in [6, 6.07) is 6.71. The van der Waals surface area contributed by atoms with Crippen molar-refractivity contribution in [3.63, 3.8) is 0 Å². The number of imidazole rings is 1. The predicted octanol–water partition coefficient (Wildman–Crippen LogP) is 2.17. The topological polar surface area (TPSA) is 100 Å². The summed E-state index contributed by atoms with van der Waals surface area (Å²) in [5.74, 6) is 0.331. The maximum absolute atomic E-state index is 14.7. The van der Waals surface area contributed by atoms with Crippen LogP contribution in [-0.2, 0) is 10.4 Å². The third-order valence-corrected chi connectivity index (χ3v) is 5.73. The number of alkyl halides is 2. The summed E-state index contributed by atoms with van der Waals surface area (Å²) in [6.45, 7) is 3.78. The molecule has 0 radical (unpaired) electrons. The van der Waals surface area contributed by atoms with Crippen molar-refractivity contribution < 1.29 is 18.6 Å². The zero-order chi connectivity index (χ0) is 21.6. The first-order valence-electron chi connectivity index (χ1n) is 10.2. The maximum atomic E-state index is 14.7. The second kappa shape index (κ2) is 7.57. The molecule has 0 aliphatic carbocycles. The number of hydrogen-bond acceptors (Lipinski definition) is 8. The molecule has 2 aliphatic heterocycles. The lowest BCUT2D eigenvalue weighted by Gasteiger charge is -2.32. The van der Waals surface area contributed by atoms with Gasteiger partial charge in [-0.25, -0.2) is 18.7 Å². The molecule has 1 unspecified atom stereocenters. The number of aliphatic hydroxyl groups is 1. The fourth-order valence-electron chi connectivity index (χ4n) is 3.98. The Balaban J connectivity index is 1.72. The molecule has 5 rings (SSSR count). The molecular formula is C20H23F2N7O2. The molecule has 1 aromatic carbocycles. The number of fused-ring (bicyclic) bond motifs is 2. The first-order chi connectivity index (χ1) is 15.0. The van der Waals surface area contributed by atoms with Crippen LogP contribution in [0.4, 0.5) is 26.1 Å². The van der Waals surface area contributed by atoms with E-state index in [2.05, 4.69) is 25.6 Å². The summed E-state index contributed by atoms with van der Waals surface area (Å²) >= 11 is 0. The van der Waals surface area contributed by atoms with Gasteiger partial charge >= 0.3 is 0 Å². The Morgan fingerprint density at radius 2 is 1.84 bits per heavy atom. The van der Waals surface area contributed by atoms with E-state index in [0.717, 1.165) is 0 Å². The number of para-hydroxylation sites is 2. The SMILES string of the molecule is CC(CO)n1cnc2c(C3(C(F)F)Nc4ccccc4N3)nc(N3CCOCC3)nc21. The van der Waals surface area contributed by atoms with Crippen LogP contribution in [0.3, 0.4) is 0 Å². The largest absolute Gasteiger partial charge is 0.394 e. The molecule has 3 N–H and O–H groups in total. The number of nitrogens with zero attached hydrogens (tertiary/aromatic N) is 5. The highest BCUT2D eigenvalue weighted by molar-refractivity contribution is 5.83. The summed E-state index contributed by atoms with van der Waals surface area (Å²) in [5.41, 5.74) is -0.128. The zero-order valence-corrected chi connectivity index (χ0v) is 16.9. The maximum Gasteiger partial charge on any atom is 0.285 e. The summed E-state index contributed by atoms with van der Waals surface area (Å²) in [6.07, 6.45) is -1.33. The molecule has 1 fully saturated rings. The van der Waals surface area contributed by atoms with Crippen LogP contribution in [0.1, 0.15) is 18.7 Å². The van der Waals surface area contributed by atoms with Gasteiger partial charge in [0.1, 0.15) is 11.2 Å². The van der Waals surface area contributed by atoms with Gasteiger partial charge < -0.3 is 29.9 Å². The first kappa shape index (κ1) is 19.9. The van der Waals surface area contributed by atoms with Crippen LogP contribution < -0.4 is 15.5 Å². The minimum Gasteiger partial charge on any atom is -0.394 e. The summed E-state index contributed by atoms with van der Waals surface area (Å²) in [4.78, 5) is 15.5. The van der Waals surface area contributed by atoms with Gasteiger partial charge in [0, 0.05) is 13.1 Å². The molecule has 3 aromatic rings. The first-order valence-corrected chi connectivity index (χ1v) is 10.2. The molecule has 2 aliphatic rings. The van der Waals surface area contributed by atoms with Gasteiger partial charge in [0.25, 0.3) is 6.43 Å². The monoisotopic (exact) mass is 431 g/mol. The van der Waals surface area contributed by atoms with Gasteiger partial charge in [-0.2, -0.15) is 4.98 Å². The average molecular weight is 431 g/mol.